The molecule has 21 heavy (non-hydrogen) atoms. The summed E-state index contributed by atoms with van der Waals surface area (Å²) in [6.45, 7) is 0.333. The molecule has 8 nitrogen and oxygen atoms in total. The number of carbonyl (C=O) groups is 2. The average molecular weight is 310 g/mol. The molecular weight excluding hydrogens is 292 g/mol. The maximum Gasteiger partial charge on any atom is 0.321 e. The standard InChI is InChI=1S/C12H18N6O2S/c13-5-9-16-17-12(18(9)8-3-4-8)21-6-10(19)15-11(20)14-7-1-2-7/h7-8H,1-6,13H2,(H2,14,15,19,20). The van der Waals surface area contributed by atoms with Crippen LogP contribution in [0.1, 0.15) is 37.5 Å². The molecule has 2 aliphatic rings. The van der Waals surface area contributed by atoms with Crippen LogP contribution in [0, 0.1) is 0 Å². The van der Waals surface area contributed by atoms with E-state index in [9.17, 15) is 9.59 Å². The van der Waals surface area contributed by atoms with Crippen molar-refractivity contribution in [3.63, 3.8) is 0 Å². The Bertz CT molecular complexity index is 552. The molecule has 2 saturated carbocycles. The number of carbonyl (C=O) groups excluding carboxylic acids is 2. The number of nitrogens with zero attached hydrogens (tertiary/aromatic N) is 3. The predicted octanol–water partition coefficient (Wildman–Crippen LogP) is 0.152. The molecule has 0 aliphatic heterocycles. The summed E-state index contributed by atoms with van der Waals surface area (Å²) in [5.74, 6) is 0.540. The smallest absolute Gasteiger partial charge is 0.321 e. The molecule has 3 amide bonds. The Hall–Kier alpha value is -1.61. The Balaban J connectivity index is 1.51. The number of hydrogen-bond donors (Lipinski definition) is 3. The third kappa shape index (κ3) is 3.73. The van der Waals surface area contributed by atoms with Crippen molar-refractivity contribution >= 4 is 23.7 Å². The van der Waals surface area contributed by atoms with Crippen molar-refractivity contribution in [2.45, 2.75) is 49.5 Å². The number of urea groups is 1. The summed E-state index contributed by atoms with van der Waals surface area (Å²) in [6, 6.07) is 0.215. The summed E-state index contributed by atoms with van der Waals surface area (Å²) >= 11 is 1.28. The highest BCUT2D eigenvalue weighted by Gasteiger charge is 2.29. The quantitative estimate of drug-likeness (QED) is 0.644. The van der Waals surface area contributed by atoms with E-state index >= 15 is 0 Å². The Morgan fingerprint density at radius 2 is 2.05 bits per heavy atom. The molecule has 0 atom stereocenters. The van der Waals surface area contributed by atoms with Crippen molar-refractivity contribution in [3.05, 3.63) is 5.82 Å². The Labute approximate surface area is 126 Å². The molecule has 0 bridgehead atoms. The zero-order chi connectivity index (χ0) is 14.8. The van der Waals surface area contributed by atoms with E-state index in [0.29, 0.717) is 17.7 Å². The molecule has 4 N–H and O–H groups in total. The normalized spacial score (nSPS) is 17.6. The second-order valence-electron chi connectivity index (χ2n) is 5.29. The van der Waals surface area contributed by atoms with Crippen LogP contribution in [0.5, 0.6) is 0 Å². The van der Waals surface area contributed by atoms with Gasteiger partial charge < -0.3 is 15.6 Å². The van der Waals surface area contributed by atoms with Gasteiger partial charge in [-0.2, -0.15) is 0 Å². The van der Waals surface area contributed by atoms with Gasteiger partial charge in [0.15, 0.2) is 5.16 Å². The third-order valence-electron chi connectivity index (χ3n) is 3.33. The average Bonchev–Trinajstić information content (AvgIpc) is 3.37. The van der Waals surface area contributed by atoms with Gasteiger partial charge in [0.1, 0.15) is 5.82 Å². The van der Waals surface area contributed by atoms with Crippen molar-refractivity contribution in [3.8, 4) is 0 Å². The first-order chi connectivity index (χ1) is 10.2. The minimum Gasteiger partial charge on any atom is -0.335 e. The number of rotatable bonds is 6. The molecule has 1 aromatic rings. The van der Waals surface area contributed by atoms with E-state index in [-0.39, 0.29) is 17.7 Å². The van der Waals surface area contributed by atoms with Gasteiger partial charge in [-0.25, -0.2) is 4.79 Å². The maximum absolute atomic E-state index is 11.7. The minimum atomic E-state index is -0.422. The van der Waals surface area contributed by atoms with Gasteiger partial charge in [0.05, 0.1) is 12.3 Å². The molecule has 2 fully saturated rings. The van der Waals surface area contributed by atoms with E-state index in [4.69, 9.17) is 5.73 Å². The van der Waals surface area contributed by atoms with E-state index in [1.165, 1.54) is 11.8 Å². The SMILES string of the molecule is NCc1nnc(SCC(=O)NC(=O)NC2CC2)n1C1CC1. The van der Waals surface area contributed by atoms with Gasteiger partial charge in [-0.05, 0) is 25.7 Å². The van der Waals surface area contributed by atoms with Crippen LogP contribution in [-0.4, -0.2) is 38.5 Å². The van der Waals surface area contributed by atoms with E-state index in [1.54, 1.807) is 0 Å². The van der Waals surface area contributed by atoms with Crippen LogP contribution < -0.4 is 16.4 Å². The fourth-order valence-electron chi connectivity index (χ4n) is 1.99. The second kappa shape index (κ2) is 6.02. The van der Waals surface area contributed by atoms with Gasteiger partial charge in [0, 0.05) is 12.1 Å². The Morgan fingerprint density at radius 1 is 1.29 bits per heavy atom. The van der Waals surface area contributed by atoms with Crippen LogP contribution >= 0.6 is 11.8 Å². The number of hydrogen-bond acceptors (Lipinski definition) is 6. The highest BCUT2D eigenvalue weighted by atomic mass is 32.2. The fourth-order valence-corrected chi connectivity index (χ4v) is 2.81. The van der Waals surface area contributed by atoms with E-state index in [2.05, 4.69) is 20.8 Å². The van der Waals surface area contributed by atoms with E-state index in [1.807, 2.05) is 4.57 Å². The van der Waals surface area contributed by atoms with Crippen LogP contribution in [0.15, 0.2) is 5.16 Å². The van der Waals surface area contributed by atoms with Crippen LogP contribution in [-0.2, 0) is 11.3 Å². The molecule has 0 aromatic carbocycles. The molecule has 1 aromatic heterocycles. The van der Waals surface area contributed by atoms with Crippen molar-refractivity contribution in [2.75, 3.05) is 5.75 Å². The van der Waals surface area contributed by atoms with Gasteiger partial charge in [-0.15, -0.1) is 10.2 Å². The lowest BCUT2D eigenvalue weighted by Crippen LogP contribution is -2.41. The first kappa shape index (κ1) is 14.3. The largest absolute Gasteiger partial charge is 0.335 e. The van der Waals surface area contributed by atoms with Crippen molar-refractivity contribution in [1.29, 1.82) is 0 Å². The predicted molar refractivity (Wildman–Crippen MR) is 76.6 cm³/mol. The Kier molecular flexibility index (Phi) is 4.11. The summed E-state index contributed by atoms with van der Waals surface area (Å²) in [4.78, 5) is 23.2. The van der Waals surface area contributed by atoms with Crippen molar-refractivity contribution in [2.24, 2.45) is 5.73 Å². The van der Waals surface area contributed by atoms with Crippen LogP contribution in [0.25, 0.3) is 0 Å². The summed E-state index contributed by atoms with van der Waals surface area (Å²) < 4.78 is 2.00. The number of nitrogens with one attached hydrogen (secondary N) is 2. The molecule has 1 heterocycles. The minimum absolute atomic E-state index is 0.132. The first-order valence-electron chi connectivity index (χ1n) is 7.04. The monoisotopic (exact) mass is 310 g/mol. The zero-order valence-electron chi connectivity index (χ0n) is 11.5. The van der Waals surface area contributed by atoms with Gasteiger partial charge in [0.25, 0.3) is 0 Å². The molecule has 114 valence electrons. The molecule has 9 heteroatoms. The van der Waals surface area contributed by atoms with E-state index in [0.717, 1.165) is 31.5 Å². The number of imide groups is 1. The lowest BCUT2D eigenvalue weighted by atomic mass is 10.5. The molecule has 0 saturated heterocycles. The van der Waals surface area contributed by atoms with Crippen LogP contribution in [0.2, 0.25) is 0 Å². The highest BCUT2D eigenvalue weighted by Crippen LogP contribution is 2.38. The van der Waals surface area contributed by atoms with Crippen molar-refractivity contribution in [1.82, 2.24) is 25.4 Å². The topological polar surface area (TPSA) is 115 Å². The number of thioether (sulfide) groups is 1. The number of aromatic nitrogens is 3. The highest BCUT2D eigenvalue weighted by molar-refractivity contribution is 7.99. The van der Waals surface area contributed by atoms with Gasteiger partial charge >= 0.3 is 6.03 Å². The molecule has 0 spiro atoms. The van der Waals surface area contributed by atoms with Gasteiger partial charge in [-0.3, -0.25) is 10.1 Å². The van der Waals surface area contributed by atoms with Crippen molar-refractivity contribution < 1.29 is 9.59 Å². The van der Waals surface area contributed by atoms with Crippen LogP contribution in [0.3, 0.4) is 0 Å². The Morgan fingerprint density at radius 3 is 2.67 bits per heavy atom. The number of nitrogens with two attached hydrogens (primary N) is 1. The van der Waals surface area contributed by atoms with Gasteiger partial charge in [0.2, 0.25) is 5.91 Å². The van der Waals surface area contributed by atoms with Crippen LogP contribution in [0.4, 0.5) is 4.79 Å². The molecule has 3 rings (SSSR count). The molecule has 2 aliphatic carbocycles. The fraction of sp³-hybridized carbons (Fsp3) is 0.667. The summed E-state index contributed by atoms with van der Waals surface area (Å²) in [7, 11) is 0. The summed E-state index contributed by atoms with van der Waals surface area (Å²) in [5, 5.41) is 13.8. The molecular formula is C12H18N6O2S. The number of amides is 3. The summed E-state index contributed by atoms with van der Waals surface area (Å²) in [6.07, 6.45) is 4.16. The molecule has 0 unspecified atom stereocenters. The van der Waals surface area contributed by atoms with E-state index < -0.39 is 6.03 Å². The first-order valence-corrected chi connectivity index (χ1v) is 8.03. The maximum atomic E-state index is 11.7. The summed E-state index contributed by atoms with van der Waals surface area (Å²) in [5.41, 5.74) is 5.64. The second-order valence-corrected chi connectivity index (χ2v) is 6.23. The zero-order valence-corrected chi connectivity index (χ0v) is 12.4. The third-order valence-corrected chi connectivity index (χ3v) is 4.27. The lowest BCUT2D eigenvalue weighted by molar-refractivity contribution is -0.117. The lowest BCUT2D eigenvalue weighted by Gasteiger charge is -2.07. The molecule has 0 radical (unpaired) electrons. The van der Waals surface area contributed by atoms with Gasteiger partial charge in [-0.1, -0.05) is 11.8 Å².